The van der Waals surface area contributed by atoms with Gasteiger partial charge in [-0.15, -0.1) is 12.4 Å². The highest BCUT2D eigenvalue weighted by Gasteiger charge is 2.50. The SMILES string of the molecule is Cl.NC1C2CCC(C2)C1C(=O)NC1CC(=O)N(C2CC2)C1. The maximum absolute atomic E-state index is 12.5. The second-order valence-corrected chi connectivity index (χ2v) is 7.12. The molecular formula is C15H24ClN3O2. The molecule has 0 aromatic heterocycles. The summed E-state index contributed by atoms with van der Waals surface area (Å²) in [5.74, 6) is 1.31. The van der Waals surface area contributed by atoms with Gasteiger partial charge >= 0.3 is 0 Å². The third kappa shape index (κ3) is 2.55. The van der Waals surface area contributed by atoms with Crippen LogP contribution in [0.15, 0.2) is 0 Å². The van der Waals surface area contributed by atoms with Crippen molar-refractivity contribution in [2.45, 2.75) is 56.7 Å². The van der Waals surface area contributed by atoms with E-state index in [1.165, 1.54) is 6.42 Å². The number of carbonyl (C=O) groups excluding carboxylic acids is 2. The first-order chi connectivity index (χ1) is 9.63. The number of hydrogen-bond acceptors (Lipinski definition) is 3. The molecule has 2 bridgehead atoms. The van der Waals surface area contributed by atoms with Gasteiger partial charge in [0, 0.05) is 25.0 Å². The van der Waals surface area contributed by atoms with Gasteiger partial charge in [-0.25, -0.2) is 0 Å². The molecule has 1 heterocycles. The topological polar surface area (TPSA) is 75.4 Å². The lowest BCUT2D eigenvalue weighted by Gasteiger charge is -2.28. The first-order valence-electron chi connectivity index (χ1n) is 7.99. The van der Waals surface area contributed by atoms with Crippen molar-refractivity contribution in [1.82, 2.24) is 10.2 Å². The van der Waals surface area contributed by atoms with Crippen LogP contribution in [-0.4, -0.2) is 41.4 Å². The van der Waals surface area contributed by atoms with Crippen LogP contribution >= 0.6 is 12.4 Å². The Labute approximate surface area is 131 Å². The van der Waals surface area contributed by atoms with Crippen molar-refractivity contribution in [3.8, 4) is 0 Å². The fraction of sp³-hybridized carbons (Fsp3) is 0.867. The van der Waals surface area contributed by atoms with Gasteiger partial charge in [-0.1, -0.05) is 0 Å². The summed E-state index contributed by atoms with van der Waals surface area (Å²) in [5, 5.41) is 3.10. The van der Waals surface area contributed by atoms with Crippen molar-refractivity contribution >= 4 is 24.2 Å². The molecule has 0 radical (unpaired) electrons. The summed E-state index contributed by atoms with van der Waals surface area (Å²) < 4.78 is 0. The van der Waals surface area contributed by atoms with Crippen LogP contribution in [0.5, 0.6) is 0 Å². The smallest absolute Gasteiger partial charge is 0.225 e. The molecule has 3 saturated carbocycles. The molecule has 21 heavy (non-hydrogen) atoms. The van der Waals surface area contributed by atoms with E-state index >= 15 is 0 Å². The van der Waals surface area contributed by atoms with E-state index in [0.29, 0.717) is 30.8 Å². The van der Waals surface area contributed by atoms with E-state index in [1.54, 1.807) is 0 Å². The van der Waals surface area contributed by atoms with Gasteiger partial charge in [0.25, 0.3) is 0 Å². The van der Waals surface area contributed by atoms with Crippen LogP contribution < -0.4 is 11.1 Å². The Morgan fingerprint density at radius 3 is 2.52 bits per heavy atom. The number of nitrogens with one attached hydrogen (secondary N) is 1. The molecule has 2 amide bonds. The zero-order chi connectivity index (χ0) is 13.9. The van der Waals surface area contributed by atoms with Crippen molar-refractivity contribution in [2.75, 3.05) is 6.54 Å². The number of nitrogens with zero attached hydrogens (tertiary/aromatic N) is 1. The average Bonchev–Trinajstić information content (AvgIpc) is 2.90. The molecular weight excluding hydrogens is 290 g/mol. The van der Waals surface area contributed by atoms with Crippen molar-refractivity contribution < 1.29 is 9.59 Å². The van der Waals surface area contributed by atoms with E-state index in [0.717, 1.165) is 25.7 Å². The Morgan fingerprint density at radius 2 is 1.90 bits per heavy atom. The number of likely N-dealkylation sites (tertiary alicyclic amines) is 1. The summed E-state index contributed by atoms with van der Waals surface area (Å²) in [6.45, 7) is 0.700. The van der Waals surface area contributed by atoms with E-state index < -0.39 is 0 Å². The van der Waals surface area contributed by atoms with Crippen molar-refractivity contribution in [2.24, 2.45) is 23.5 Å². The fourth-order valence-electron chi connectivity index (χ4n) is 4.59. The largest absolute Gasteiger partial charge is 0.351 e. The predicted molar refractivity (Wildman–Crippen MR) is 80.8 cm³/mol. The summed E-state index contributed by atoms with van der Waals surface area (Å²) in [4.78, 5) is 26.3. The summed E-state index contributed by atoms with van der Waals surface area (Å²) >= 11 is 0. The predicted octanol–water partition coefficient (Wildman–Crippen LogP) is 0.661. The summed E-state index contributed by atoms with van der Waals surface area (Å²) in [7, 11) is 0. The number of carbonyl (C=O) groups is 2. The minimum absolute atomic E-state index is 0. The quantitative estimate of drug-likeness (QED) is 0.804. The van der Waals surface area contributed by atoms with Gasteiger partial charge in [-0.2, -0.15) is 0 Å². The molecule has 118 valence electrons. The van der Waals surface area contributed by atoms with E-state index in [1.807, 2.05) is 4.90 Å². The number of halogens is 1. The molecule has 3 aliphatic carbocycles. The fourth-order valence-corrected chi connectivity index (χ4v) is 4.59. The lowest BCUT2D eigenvalue weighted by Crippen LogP contribution is -2.48. The lowest BCUT2D eigenvalue weighted by atomic mass is 9.84. The number of hydrogen-bond donors (Lipinski definition) is 2. The molecule has 1 saturated heterocycles. The standard InChI is InChI=1S/C15H23N3O2.ClH/c16-14-9-2-1-8(5-9)13(14)15(20)17-10-6-12(19)18(7-10)11-3-4-11;/h8-11,13-14H,1-7,16H2,(H,17,20);1H. The van der Waals surface area contributed by atoms with Gasteiger partial charge < -0.3 is 16.0 Å². The monoisotopic (exact) mass is 313 g/mol. The van der Waals surface area contributed by atoms with Crippen molar-refractivity contribution in [3.05, 3.63) is 0 Å². The van der Waals surface area contributed by atoms with Crippen molar-refractivity contribution in [3.63, 3.8) is 0 Å². The van der Waals surface area contributed by atoms with Crippen LogP contribution in [0, 0.1) is 17.8 Å². The van der Waals surface area contributed by atoms with Crippen LogP contribution in [0.25, 0.3) is 0 Å². The molecule has 4 fully saturated rings. The van der Waals surface area contributed by atoms with Crippen LogP contribution in [0.4, 0.5) is 0 Å². The first-order valence-corrected chi connectivity index (χ1v) is 7.99. The normalized spacial score (nSPS) is 41.3. The van der Waals surface area contributed by atoms with E-state index in [9.17, 15) is 9.59 Å². The van der Waals surface area contributed by atoms with Crippen LogP contribution in [-0.2, 0) is 9.59 Å². The molecule has 5 atom stereocenters. The van der Waals surface area contributed by atoms with E-state index in [-0.39, 0.29) is 42.2 Å². The molecule has 5 nitrogen and oxygen atoms in total. The highest BCUT2D eigenvalue weighted by Crippen LogP contribution is 2.47. The van der Waals surface area contributed by atoms with Gasteiger partial charge in [0.2, 0.25) is 11.8 Å². The third-order valence-electron chi connectivity index (χ3n) is 5.78. The van der Waals surface area contributed by atoms with E-state index in [4.69, 9.17) is 5.73 Å². The molecule has 6 heteroatoms. The number of fused-ring (bicyclic) bond motifs is 2. The molecule has 0 aromatic carbocycles. The van der Waals surface area contributed by atoms with Gasteiger partial charge in [0.15, 0.2) is 0 Å². The molecule has 0 aromatic rings. The van der Waals surface area contributed by atoms with Crippen LogP contribution in [0.3, 0.4) is 0 Å². The Bertz CT molecular complexity index is 452. The summed E-state index contributed by atoms with van der Waals surface area (Å²) in [6, 6.07) is 0.487. The summed E-state index contributed by atoms with van der Waals surface area (Å²) in [5.41, 5.74) is 6.21. The Kier molecular flexibility index (Phi) is 3.91. The van der Waals surface area contributed by atoms with Crippen LogP contribution in [0.2, 0.25) is 0 Å². The molecule has 3 N–H and O–H groups in total. The minimum Gasteiger partial charge on any atom is -0.351 e. The second kappa shape index (κ2) is 5.43. The maximum atomic E-state index is 12.5. The van der Waals surface area contributed by atoms with E-state index in [2.05, 4.69) is 5.32 Å². The Hall–Kier alpha value is -0.810. The van der Waals surface area contributed by atoms with Crippen molar-refractivity contribution in [1.29, 1.82) is 0 Å². The highest BCUT2D eigenvalue weighted by molar-refractivity contribution is 5.85. The Morgan fingerprint density at radius 1 is 1.19 bits per heavy atom. The number of rotatable bonds is 3. The second-order valence-electron chi connectivity index (χ2n) is 7.12. The van der Waals surface area contributed by atoms with Crippen LogP contribution in [0.1, 0.15) is 38.5 Å². The average molecular weight is 314 g/mol. The number of amides is 2. The molecule has 4 aliphatic rings. The Balaban J connectivity index is 0.00000132. The lowest BCUT2D eigenvalue weighted by molar-refractivity contribution is -0.128. The highest BCUT2D eigenvalue weighted by atomic mass is 35.5. The van der Waals surface area contributed by atoms with Gasteiger partial charge in [-0.05, 0) is 43.9 Å². The first kappa shape index (κ1) is 15.1. The minimum atomic E-state index is -0.0150. The zero-order valence-electron chi connectivity index (χ0n) is 12.2. The zero-order valence-corrected chi connectivity index (χ0v) is 13.0. The third-order valence-corrected chi connectivity index (χ3v) is 5.78. The molecule has 1 aliphatic heterocycles. The van der Waals surface area contributed by atoms with Gasteiger partial charge in [0.1, 0.15) is 0 Å². The summed E-state index contributed by atoms with van der Waals surface area (Å²) in [6.07, 6.45) is 6.18. The number of nitrogens with two attached hydrogens (primary N) is 1. The van der Waals surface area contributed by atoms with Gasteiger partial charge in [0.05, 0.1) is 12.0 Å². The van der Waals surface area contributed by atoms with Gasteiger partial charge in [-0.3, -0.25) is 9.59 Å². The molecule has 5 unspecified atom stereocenters. The molecule has 0 spiro atoms. The maximum Gasteiger partial charge on any atom is 0.225 e. The molecule has 4 rings (SSSR count).